The van der Waals surface area contributed by atoms with E-state index in [9.17, 15) is 15.0 Å². The fraction of sp³-hybridized carbons (Fsp3) is 0.556. The van der Waals surface area contributed by atoms with E-state index < -0.39 is 36.9 Å². The molecule has 2 rings (SSSR count). The maximum atomic E-state index is 11.4. The number of hydrogen-bond donors (Lipinski definition) is 4. The number of rotatable bonds is 3. The molecule has 0 unspecified atom stereocenters. The van der Waals surface area contributed by atoms with Gasteiger partial charge in [0.15, 0.2) is 0 Å². The lowest BCUT2D eigenvalue weighted by molar-refractivity contribution is -0.173. The van der Waals surface area contributed by atoms with E-state index in [1.54, 1.807) is 0 Å². The van der Waals surface area contributed by atoms with E-state index in [0.717, 1.165) is 4.73 Å². The van der Waals surface area contributed by atoms with E-state index in [1.807, 2.05) is 0 Å². The lowest BCUT2D eigenvalue weighted by Gasteiger charge is -2.16. The lowest BCUT2D eigenvalue weighted by Crippen LogP contribution is -2.41. The second kappa shape index (κ2) is 6.17. The Kier molecular flexibility index (Phi) is 5.09. The van der Waals surface area contributed by atoms with Gasteiger partial charge in [-0.15, -0.1) is 17.1 Å². The Morgan fingerprint density at radius 3 is 2.68 bits per heavy atom. The van der Waals surface area contributed by atoms with Gasteiger partial charge in [0.25, 0.3) is 6.29 Å². The molecule has 10 heteroatoms. The zero-order valence-corrected chi connectivity index (χ0v) is 10.4. The van der Waals surface area contributed by atoms with Crippen LogP contribution in [0.25, 0.3) is 0 Å². The number of aliphatic hydroxyl groups excluding tert-OH is 3. The average Bonchev–Trinajstić information content (AvgIpc) is 2.60. The normalized spacial score (nSPS) is 29.8. The lowest BCUT2D eigenvalue weighted by atomic mass is 10.1. The van der Waals surface area contributed by atoms with Gasteiger partial charge < -0.3 is 30.6 Å². The van der Waals surface area contributed by atoms with Crippen LogP contribution < -0.4 is 16.3 Å². The summed E-state index contributed by atoms with van der Waals surface area (Å²) >= 11 is 0. The molecule has 0 aromatic carbocycles. The Morgan fingerprint density at radius 2 is 2.16 bits per heavy atom. The molecule has 1 saturated heterocycles. The summed E-state index contributed by atoms with van der Waals surface area (Å²) in [6.45, 7) is -0.479. The van der Waals surface area contributed by atoms with Gasteiger partial charge >= 0.3 is 5.69 Å². The molecule has 2 heterocycles. The number of nitrogens with two attached hydrogens (primary N) is 1. The largest absolute Gasteiger partial charge is 0.394 e. The van der Waals surface area contributed by atoms with Crippen molar-refractivity contribution < 1.29 is 24.9 Å². The molecule has 4 atom stereocenters. The molecule has 5 N–H and O–H groups in total. The standard InChI is InChI=1S/C9H13N3O6.ClH/c10-5-1-2-12(9(16)11-5)18-8-7(15)6(14)4(3-13)17-8;/h1-2,4,6-8,13-15H,3H2,(H2,10,11,16);1H/t4-,6-,7+,8+;/m1./s1. The van der Waals surface area contributed by atoms with Crippen LogP contribution in [0.4, 0.5) is 5.82 Å². The molecule has 9 nitrogen and oxygen atoms in total. The van der Waals surface area contributed by atoms with Crippen LogP contribution >= 0.6 is 12.4 Å². The number of aromatic nitrogens is 2. The summed E-state index contributed by atoms with van der Waals surface area (Å²) < 4.78 is 5.75. The van der Waals surface area contributed by atoms with Crippen LogP contribution in [-0.2, 0) is 4.74 Å². The summed E-state index contributed by atoms with van der Waals surface area (Å²) in [5.41, 5.74) is 4.51. The zero-order valence-electron chi connectivity index (χ0n) is 9.62. The minimum absolute atomic E-state index is 0. The van der Waals surface area contributed by atoms with E-state index in [0.29, 0.717) is 0 Å². The topological polar surface area (TPSA) is 140 Å². The van der Waals surface area contributed by atoms with Gasteiger partial charge in [0.2, 0.25) is 0 Å². The minimum atomic E-state index is -1.38. The van der Waals surface area contributed by atoms with Gasteiger partial charge in [-0.1, -0.05) is 0 Å². The Bertz CT molecular complexity index is 483. The highest BCUT2D eigenvalue weighted by Gasteiger charge is 2.44. The highest BCUT2D eigenvalue weighted by Crippen LogP contribution is 2.20. The Balaban J connectivity index is 0.00000180. The number of nitrogen functional groups attached to an aromatic ring is 1. The van der Waals surface area contributed by atoms with Crippen molar-refractivity contribution in [2.45, 2.75) is 24.6 Å². The van der Waals surface area contributed by atoms with E-state index in [1.165, 1.54) is 12.3 Å². The zero-order chi connectivity index (χ0) is 13.3. The van der Waals surface area contributed by atoms with Gasteiger partial charge in [-0.2, -0.15) is 4.98 Å². The van der Waals surface area contributed by atoms with Crippen LogP contribution in [0.5, 0.6) is 0 Å². The van der Waals surface area contributed by atoms with Gasteiger partial charge in [-0.05, 0) is 0 Å². The number of halogens is 1. The third kappa shape index (κ3) is 3.14. The second-order valence-corrected chi connectivity index (χ2v) is 3.77. The SMILES string of the molecule is Cl.Nc1ccn(O[C@@H]2O[C@H](CO)[C@@H](O)[C@@H]2O)c(=O)n1. The molecule has 1 aromatic rings. The molecular formula is C9H14ClN3O6. The molecule has 1 aromatic heterocycles. The molecule has 19 heavy (non-hydrogen) atoms. The Morgan fingerprint density at radius 1 is 1.47 bits per heavy atom. The predicted molar refractivity (Wildman–Crippen MR) is 64.5 cm³/mol. The Labute approximate surface area is 113 Å². The van der Waals surface area contributed by atoms with E-state index in [-0.39, 0.29) is 18.2 Å². The second-order valence-electron chi connectivity index (χ2n) is 3.77. The van der Waals surface area contributed by atoms with E-state index in [4.69, 9.17) is 20.4 Å². The van der Waals surface area contributed by atoms with Crippen LogP contribution in [0.15, 0.2) is 17.1 Å². The number of aliphatic hydroxyl groups is 3. The van der Waals surface area contributed by atoms with Crippen molar-refractivity contribution in [1.29, 1.82) is 0 Å². The van der Waals surface area contributed by atoms with Gasteiger partial charge in [0.1, 0.15) is 24.1 Å². The summed E-state index contributed by atoms with van der Waals surface area (Å²) in [6.07, 6.45) is -3.72. The highest BCUT2D eigenvalue weighted by atomic mass is 35.5. The summed E-state index contributed by atoms with van der Waals surface area (Å²) in [5, 5.41) is 28.0. The third-order valence-electron chi connectivity index (χ3n) is 2.51. The summed E-state index contributed by atoms with van der Waals surface area (Å²) in [5.74, 6) is 0.0287. The van der Waals surface area contributed by atoms with Crippen LogP contribution in [-0.4, -0.2) is 56.2 Å². The molecule has 0 bridgehead atoms. The van der Waals surface area contributed by atoms with Crippen LogP contribution in [0.1, 0.15) is 0 Å². The van der Waals surface area contributed by atoms with Crippen molar-refractivity contribution in [3.8, 4) is 0 Å². The van der Waals surface area contributed by atoms with E-state index >= 15 is 0 Å². The molecule has 1 aliphatic heterocycles. The minimum Gasteiger partial charge on any atom is -0.394 e. The van der Waals surface area contributed by atoms with Gasteiger partial charge in [0, 0.05) is 6.07 Å². The predicted octanol–water partition coefficient (Wildman–Crippen LogP) is -2.89. The maximum Gasteiger partial charge on any atom is 0.382 e. The third-order valence-corrected chi connectivity index (χ3v) is 2.51. The smallest absolute Gasteiger partial charge is 0.382 e. The van der Waals surface area contributed by atoms with E-state index in [2.05, 4.69) is 4.98 Å². The molecule has 1 aliphatic rings. The van der Waals surface area contributed by atoms with Gasteiger partial charge in [-0.3, -0.25) is 0 Å². The number of hydrogen-bond acceptors (Lipinski definition) is 8. The molecule has 108 valence electrons. The van der Waals surface area contributed by atoms with Crippen molar-refractivity contribution in [1.82, 2.24) is 9.71 Å². The van der Waals surface area contributed by atoms with Crippen LogP contribution in [0.3, 0.4) is 0 Å². The average molecular weight is 296 g/mol. The number of anilines is 1. The first kappa shape index (κ1) is 15.7. The molecule has 0 radical (unpaired) electrons. The van der Waals surface area contributed by atoms with Gasteiger partial charge in [0.05, 0.1) is 12.8 Å². The first-order chi connectivity index (χ1) is 8.52. The van der Waals surface area contributed by atoms with Crippen molar-refractivity contribution in [2.24, 2.45) is 0 Å². The quantitative estimate of drug-likeness (QED) is 0.466. The molecule has 0 amide bonds. The summed E-state index contributed by atoms with van der Waals surface area (Å²) in [7, 11) is 0. The van der Waals surface area contributed by atoms with Gasteiger partial charge in [-0.25, -0.2) is 4.79 Å². The fourth-order valence-corrected chi connectivity index (χ4v) is 1.55. The summed E-state index contributed by atoms with van der Waals surface area (Å²) in [4.78, 5) is 19.8. The van der Waals surface area contributed by atoms with Crippen molar-refractivity contribution in [3.63, 3.8) is 0 Å². The molecule has 0 saturated carbocycles. The maximum absolute atomic E-state index is 11.4. The molecule has 0 spiro atoms. The van der Waals surface area contributed by atoms with Crippen LogP contribution in [0, 0.1) is 0 Å². The molecule has 0 aliphatic carbocycles. The Hall–Kier alpha value is -1.39. The fourth-order valence-electron chi connectivity index (χ4n) is 1.55. The van der Waals surface area contributed by atoms with Crippen molar-refractivity contribution in [2.75, 3.05) is 12.3 Å². The number of ether oxygens (including phenoxy) is 1. The molecular weight excluding hydrogens is 282 g/mol. The first-order valence-corrected chi connectivity index (χ1v) is 5.17. The summed E-state index contributed by atoms with van der Waals surface area (Å²) in [6, 6.07) is 1.32. The van der Waals surface area contributed by atoms with Crippen molar-refractivity contribution >= 4 is 18.2 Å². The monoisotopic (exact) mass is 295 g/mol. The highest BCUT2D eigenvalue weighted by molar-refractivity contribution is 5.85. The number of nitrogens with zero attached hydrogens (tertiary/aromatic N) is 2. The first-order valence-electron chi connectivity index (χ1n) is 5.17. The molecule has 1 fully saturated rings. The van der Waals surface area contributed by atoms with Crippen LogP contribution in [0.2, 0.25) is 0 Å². The van der Waals surface area contributed by atoms with Crippen molar-refractivity contribution in [3.05, 3.63) is 22.7 Å².